The molecule has 240 valence electrons. The summed E-state index contributed by atoms with van der Waals surface area (Å²) in [5, 5.41) is 11.7. The highest BCUT2D eigenvalue weighted by Crippen LogP contribution is 2.36. The summed E-state index contributed by atoms with van der Waals surface area (Å²) in [6.45, 7) is 5.01. The van der Waals surface area contributed by atoms with Crippen LogP contribution in [0.15, 0.2) is 65.6 Å². The van der Waals surface area contributed by atoms with Gasteiger partial charge in [-0.2, -0.15) is 0 Å². The lowest BCUT2D eigenvalue weighted by molar-refractivity contribution is -0.122. The number of hydrogen-bond donors (Lipinski definition) is 2. The molecule has 2 saturated heterocycles. The third-order valence-electron chi connectivity index (χ3n) is 7.60. The topological polar surface area (TPSA) is 102 Å². The molecule has 0 unspecified atom stereocenters. The maximum Gasteiger partial charge on any atom is 0.335 e. The first-order valence-electron chi connectivity index (χ1n) is 14.6. The fourth-order valence-corrected chi connectivity index (χ4v) is 6.32. The quantitative estimate of drug-likeness (QED) is 0.212. The van der Waals surface area contributed by atoms with Crippen molar-refractivity contribution >= 4 is 57.8 Å². The van der Waals surface area contributed by atoms with E-state index < -0.39 is 17.6 Å². The molecule has 2 fully saturated rings. The summed E-state index contributed by atoms with van der Waals surface area (Å²) in [4.78, 5) is 43.3. The van der Waals surface area contributed by atoms with E-state index in [2.05, 4.69) is 22.2 Å². The lowest BCUT2D eigenvalue weighted by Crippen LogP contribution is -2.45. The highest BCUT2D eigenvalue weighted by molar-refractivity contribution is 8.26. The molecule has 0 atom stereocenters. The fraction of sp³-hybridized carbons (Fsp3) is 0.273. The van der Waals surface area contributed by atoms with Crippen LogP contribution in [0, 0.1) is 11.6 Å². The lowest BCUT2D eigenvalue weighted by atomic mass is 10.0. The predicted molar refractivity (Wildman–Crippen MR) is 178 cm³/mol. The van der Waals surface area contributed by atoms with Gasteiger partial charge >= 0.3 is 5.97 Å². The third kappa shape index (κ3) is 8.55. The van der Waals surface area contributed by atoms with Gasteiger partial charge < -0.3 is 20.1 Å². The predicted octanol–water partition coefficient (Wildman–Crippen LogP) is 5.19. The van der Waals surface area contributed by atoms with Crippen molar-refractivity contribution in [3.63, 3.8) is 0 Å². The number of carboxylic acids is 1. The van der Waals surface area contributed by atoms with Crippen LogP contribution in [0.4, 0.5) is 14.5 Å². The summed E-state index contributed by atoms with van der Waals surface area (Å²) in [5.74, 6) is -2.71. The molecular formula is C33H32F2N4O5S2. The Morgan fingerprint density at radius 1 is 0.978 bits per heavy atom. The molecule has 3 aromatic carbocycles. The molecule has 2 aliphatic rings. The van der Waals surface area contributed by atoms with Gasteiger partial charge in [0.1, 0.15) is 28.3 Å². The van der Waals surface area contributed by atoms with Gasteiger partial charge in [0.2, 0.25) is 5.91 Å². The zero-order valence-electron chi connectivity index (χ0n) is 25.0. The number of likely N-dealkylation sites (N-methyl/N-ethyl adjacent to an activating group) is 1. The number of thiocarbonyl (C=S) groups is 1. The molecule has 0 aliphatic carbocycles. The normalized spacial score (nSPS) is 16.7. The first kappa shape index (κ1) is 33.2. The van der Waals surface area contributed by atoms with Crippen molar-refractivity contribution in [2.75, 3.05) is 58.2 Å². The Bertz CT molecular complexity index is 1660. The Balaban J connectivity index is 1.30. The highest BCUT2D eigenvalue weighted by atomic mass is 32.2. The van der Waals surface area contributed by atoms with Crippen molar-refractivity contribution in [3.05, 3.63) is 88.3 Å². The Kier molecular flexibility index (Phi) is 10.8. The highest BCUT2D eigenvalue weighted by Gasteiger charge is 2.32. The number of aromatic carboxylic acids is 1. The fourth-order valence-electron chi connectivity index (χ4n) is 5.02. The summed E-state index contributed by atoms with van der Waals surface area (Å²) < 4.78 is 34.5. The van der Waals surface area contributed by atoms with Crippen LogP contribution in [0.3, 0.4) is 0 Å². The van der Waals surface area contributed by atoms with E-state index in [-0.39, 0.29) is 34.7 Å². The molecule has 13 heteroatoms. The van der Waals surface area contributed by atoms with Crippen LogP contribution in [0.1, 0.15) is 22.3 Å². The van der Waals surface area contributed by atoms with Gasteiger partial charge in [-0.05, 0) is 72.8 Å². The van der Waals surface area contributed by atoms with Crippen molar-refractivity contribution in [1.29, 1.82) is 0 Å². The molecule has 3 aromatic rings. The van der Waals surface area contributed by atoms with Gasteiger partial charge in [0.25, 0.3) is 5.91 Å². The van der Waals surface area contributed by atoms with E-state index in [1.165, 1.54) is 41.3 Å². The summed E-state index contributed by atoms with van der Waals surface area (Å²) in [6.07, 6.45) is 1.61. The van der Waals surface area contributed by atoms with Gasteiger partial charge in [-0.15, -0.1) is 0 Å². The van der Waals surface area contributed by atoms with Crippen molar-refractivity contribution in [2.24, 2.45) is 0 Å². The molecule has 2 heterocycles. The Hall–Kier alpha value is -4.17. The number of hydrogen-bond acceptors (Lipinski definition) is 8. The molecule has 0 spiro atoms. The summed E-state index contributed by atoms with van der Waals surface area (Å²) in [6, 6.07) is 14.2. The minimum absolute atomic E-state index is 0.0397. The third-order valence-corrected chi connectivity index (χ3v) is 8.98. The van der Waals surface area contributed by atoms with E-state index in [0.717, 1.165) is 50.6 Å². The number of rotatable bonds is 11. The first-order valence-corrected chi connectivity index (χ1v) is 15.8. The molecule has 2 N–H and O–H groups in total. The average Bonchev–Trinajstić information content (AvgIpc) is 3.28. The Labute approximate surface area is 274 Å². The van der Waals surface area contributed by atoms with Crippen molar-refractivity contribution in [2.45, 2.75) is 6.42 Å². The van der Waals surface area contributed by atoms with Crippen LogP contribution in [0.25, 0.3) is 17.2 Å². The Morgan fingerprint density at radius 3 is 2.35 bits per heavy atom. The van der Waals surface area contributed by atoms with Crippen molar-refractivity contribution in [1.82, 2.24) is 14.7 Å². The number of halogens is 2. The number of thioether (sulfide) groups is 1. The minimum Gasteiger partial charge on any atom is -0.492 e. The summed E-state index contributed by atoms with van der Waals surface area (Å²) in [7, 11) is 2.09. The molecule has 0 aromatic heterocycles. The summed E-state index contributed by atoms with van der Waals surface area (Å²) in [5.41, 5.74) is 1.95. The molecular weight excluding hydrogens is 635 g/mol. The first-order chi connectivity index (χ1) is 22.0. The number of nitrogens with zero attached hydrogens (tertiary/aromatic N) is 3. The molecule has 2 amide bonds. The van der Waals surface area contributed by atoms with Gasteiger partial charge in [0.15, 0.2) is 0 Å². The summed E-state index contributed by atoms with van der Waals surface area (Å²) >= 11 is 6.55. The van der Waals surface area contributed by atoms with Gasteiger partial charge in [-0.1, -0.05) is 30.0 Å². The Morgan fingerprint density at radius 2 is 1.67 bits per heavy atom. The number of carbonyl (C=O) groups excluding carboxylic acids is 2. The monoisotopic (exact) mass is 666 g/mol. The second-order valence-corrected chi connectivity index (χ2v) is 12.6. The maximum atomic E-state index is 14.0. The van der Waals surface area contributed by atoms with E-state index in [1.54, 1.807) is 24.3 Å². The number of amides is 2. The number of nitrogens with one attached hydrogen (secondary N) is 1. The van der Waals surface area contributed by atoms with Crippen LogP contribution >= 0.6 is 24.0 Å². The average molecular weight is 667 g/mol. The smallest absolute Gasteiger partial charge is 0.335 e. The number of benzene rings is 3. The second-order valence-electron chi connectivity index (χ2n) is 10.9. The van der Waals surface area contributed by atoms with E-state index in [1.807, 2.05) is 0 Å². The number of anilines is 1. The zero-order valence-corrected chi connectivity index (χ0v) is 26.6. The molecule has 0 saturated carbocycles. The van der Waals surface area contributed by atoms with Crippen LogP contribution in [-0.4, -0.2) is 94.8 Å². The van der Waals surface area contributed by atoms with Crippen molar-refractivity contribution < 1.29 is 33.0 Å². The molecule has 0 radical (unpaired) electrons. The molecule has 9 nitrogen and oxygen atoms in total. The zero-order chi connectivity index (χ0) is 32.8. The number of carbonyl (C=O) groups is 3. The largest absolute Gasteiger partial charge is 0.492 e. The van der Waals surface area contributed by atoms with Crippen molar-refractivity contribution in [3.8, 4) is 16.9 Å². The van der Waals surface area contributed by atoms with Gasteiger partial charge in [-0.3, -0.25) is 19.4 Å². The second kappa shape index (κ2) is 14.9. The number of carboxylic acid groups (broad SMARTS) is 1. The number of ether oxygens (including phenoxy) is 1. The minimum atomic E-state index is -1.07. The molecule has 46 heavy (non-hydrogen) atoms. The van der Waals surface area contributed by atoms with Crippen LogP contribution < -0.4 is 10.1 Å². The molecule has 5 rings (SSSR count). The van der Waals surface area contributed by atoms with Gasteiger partial charge in [0, 0.05) is 63.0 Å². The number of piperazine rings is 1. The maximum absolute atomic E-state index is 14.0. The van der Waals surface area contributed by atoms with Gasteiger partial charge in [0.05, 0.1) is 10.5 Å². The van der Waals surface area contributed by atoms with E-state index in [4.69, 9.17) is 22.1 Å². The van der Waals surface area contributed by atoms with Crippen LogP contribution in [0.5, 0.6) is 5.75 Å². The molecule has 0 bridgehead atoms. The van der Waals surface area contributed by atoms with Crippen LogP contribution in [0.2, 0.25) is 0 Å². The lowest BCUT2D eigenvalue weighted by Gasteiger charge is -2.32. The van der Waals surface area contributed by atoms with E-state index >= 15 is 0 Å². The van der Waals surface area contributed by atoms with Gasteiger partial charge in [-0.25, -0.2) is 13.6 Å². The SMILES string of the molecule is CN1CCN(CCOc2ccc(-c3cc(F)cc(F)c3)cc2C=C2SC(=S)N(CCC(=O)Nc3ccc(C(=O)O)cc3)C2=O)CC1. The molecule has 2 aliphatic heterocycles. The van der Waals surface area contributed by atoms with E-state index in [9.17, 15) is 23.2 Å². The van der Waals surface area contributed by atoms with E-state index in [0.29, 0.717) is 39.6 Å². The van der Waals surface area contributed by atoms with Crippen LogP contribution in [-0.2, 0) is 9.59 Å². The standard InChI is InChI=1S/C33H32F2N4O5S2/c1-37-10-12-38(13-11-37)14-15-44-28-7-4-22(23-17-25(34)20-26(35)18-23)16-24(28)19-29-31(41)39(33(45)46-29)9-8-30(40)36-27-5-2-21(3-6-27)32(42)43/h2-7,16-20H,8-15H2,1H3,(H,36,40)(H,42,43).